The van der Waals surface area contributed by atoms with Gasteiger partial charge < -0.3 is 14.0 Å². The lowest BCUT2D eigenvalue weighted by Crippen LogP contribution is -2.31. The summed E-state index contributed by atoms with van der Waals surface area (Å²) in [6, 6.07) is 5.56. The Labute approximate surface area is 213 Å². The number of hydrogen-bond donors (Lipinski definition) is 0. The molecule has 2 atom stereocenters. The normalized spacial score (nSPS) is 13.9. The van der Waals surface area contributed by atoms with E-state index in [2.05, 4.69) is 0 Å². The molecule has 0 saturated heterocycles. The largest absolute Gasteiger partial charge is 0.616 e. The molecular formula is C27H34F4O4S. The van der Waals surface area contributed by atoms with Crippen molar-refractivity contribution in [3.8, 4) is 16.9 Å². The van der Waals surface area contributed by atoms with Crippen molar-refractivity contribution in [1.82, 2.24) is 0 Å². The molecule has 0 amide bonds. The molecule has 1 unspecified atom stereocenters. The molecule has 0 radical (unpaired) electrons. The smallest absolute Gasteiger partial charge is 0.419 e. The molecule has 0 heterocycles. The molecule has 0 saturated carbocycles. The summed E-state index contributed by atoms with van der Waals surface area (Å²) in [5.74, 6) is -2.38. The molecule has 9 heteroatoms. The van der Waals surface area contributed by atoms with Crippen molar-refractivity contribution in [2.75, 3.05) is 19.5 Å². The van der Waals surface area contributed by atoms with Gasteiger partial charge in [-0.05, 0) is 111 Å². The van der Waals surface area contributed by atoms with E-state index in [4.69, 9.17) is 9.47 Å². The van der Waals surface area contributed by atoms with Gasteiger partial charge in [0.1, 0.15) is 22.1 Å². The first-order valence-electron chi connectivity index (χ1n) is 11.7. The van der Waals surface area contributed by atoms with E-state index in [-0.39, 0.29) is 36.3 Å². The second kappa shape index (κ2) is 11.9. The molecule has 0 spiro atoms. The van der Waals surface area contributed by atoms with Gasteiger partial charge in [-0.2, -0.15) is 13.2 Å². The van der Waals surface area contributed by atoms with Crippen molar-refractivity contribution in [3.63, 3.8) is 0 Å². The molecule has 0 aliphatic carbocycles. The van der Waals surface area contributed by atoms with E-state index in [1.807, 2.05) is 0 Å². The third kappa shape index (κ3) is 7.38. The topological polar surface area (TPSA) is 58.6 Å². The van der Waals surface area contributed by atoms with Crippen LogP contribution in [-0.4, -0.2) is 34.7 Å². The standard InChI is InChI=1S/C27H34F4O4S/c1-8-35-23(32)15-18(9-10-36(33)26(4,5)6)21-13-19(14-22(25(21)28)27(29,30)31)24-16(2)11-20(34-7)12-17(24)3/h11-14,18H,8-10,15H2,1-7H3/t18-,36?/m0/s1. The van der Waals surface area contributed by atoms with Crippen LogP contribution in [-0.2, 0) is 26.9 Å². The van der Waals surface area contributed by atoms with Crippen LogP contribution in [0.5, 0.6) is 5.75 Å². The summed E-state index contributed by atoms with van der Waals surface area (Å²) in [6.07, 6.45) is -5.22. The number of hydrogen-bond acceptors (Lipinski definition) is 4. The predicted octanol–water partition coefficient (Wildman–Crippen LogP) is 7.11. The summed E-state index contributed by atoms with van der Waals surface area (Å²) in [6.45, 7) is 10.5. The SMILES string of the molecule is CCOC(=O)C[C@H](CC[S+]([O-])C(C)(C)C)c1cc(-c2c(C)cc(OC)cc2C)cc(C(F)(F)F)c1F. The number of benzene rings is 2. The number of carbonyl (C=O) groups is 1. The van der Waals surface area contributed by atoms with Crippen LogP contribution >= 0.6 is 0 Å². The van der Waals surface area contributed by atoms with Gasteiger partial charge in [-0.1, -0.05) is 0 Å². The number of aryl methyl sites for hydroxylation is 2. The molecule has 0 fully saturated rings. The Balaban J connectivity index is 2.72. The Morgan fingerprint density at radius 1 is 1.08 bits per heavy atom. The lowest BCUT2D eigenvalue weighted by atomic mass is 9.86. The number of alkyl halides is 3. The van der Waals surface area contributed by atoms with Crippen molar-refractivity contribution in [3.05, 3.63) is 52.3 Å². The molecular weight excluding hydrogens is 496 g/mol. The maximum atomic E-state index is 15.5. The maximum Gasteiger partial charge on any atom is 0.419 e. The minimum Gasteiger partial charge on any atom is -0.616 e. The van der Waals surface area contributed by atoms with Gasteiger partial charge in [0.05, 0.1) is 25.7 Å². The Kier molecular flexibility index (Phi) is 9.87. The summed E-state index contributed by atoms with van der Waals surface area (Å²) in [7, 11) is 1.49. The quantitative estimate of drug-likeness (QED) is 0.197. The van der Waals surface area contributed by atoms with Crippen LogP contribution in [0.1, 0.15) is 68.7 Å². The zero-order valence-corrected chi connectivity index (χ0v) is 22.6. The van der Waals surface area contributed by atoms with Gasteiger partial charge >= 0.3 is 12.1 Å². The minimum absolute atomic E-state index is 0.0565. The van der Waals surface area contributed by atoms with E-state index in [1.54, 1.807) is 53.7 Å². The first kappa shape index (κ1) is 30.0. The molecule has 2 rings (SSSR count). The summed E-state index contributed by atoms with van der Waals surface area (Å²) >= 11 is -1.34. The number of halogens is 4. The average molecular weight is 531 g/mol. The highest BCUT2D eigenvalue weighted by Gasteiger charge is 2.38. The van der Waals surface area contributed by atoms with Crippen LogP contribution in [0.3, 0.4) is 0 Å². The average Bonchev–Trinajstić information content (AvgIpc) is 2.75. The lowest BCUT2D eigenvalue weighted by molar-refractivity contribution is -0.143. The third-order valence-corrected chi connectivity index (χ3v) is 7.90. The zero-order chi connectivity index (χ0) is 27.4. The third-order valence-electron chi connectivity index (χ3n) is 5.93. The van der Waals surface area contributed by atoms with Crippen LogP contribution in [0.2, 0.25) is 0 Å². The fourth-order valence-corrected chi connectivity index (χ4v) is 5.25. The molecule has 0 aliphatic heterocycles. The van der Waals surface area contributed by atoms with E-state index in [1.165, 1.54) is 13.2 Å². The van der Waals surface area contributed by atoms with Crippen molar-refractivity contribution in [1.29, 1.82) is 0 Å². The van der Waals surface area contributed by atoms with Crippen LogP contribution in [0.15, 0.2) is 24.3 Å². The number of carbonyl (C=O) groups excluding carboxylic acids is 1. The highest BCUT2D eigenvalue weighted by Crippen LogP contribution is 2.41. The summed E-state index contributed by atoms with van der Waals surface area (Å²) < 4.78 is 79.7. The van der Waals surface area contributed by atoms with Gasteiger partial charge in [-0.15, -0.1) is 0 Å². The summed E-state index contributed by atoms with van der Waals surface area (Å²) in [4.78, 5) is 12.3. The molecule has 4 nitrogen and oxygen atoms in total. The van der Waals surface area contributed by atoms with E-state index < -0.39 is 45.4 Å². The van der Waals surface area contributed by atoms with Gasteiger partial charge in [0, 0.05) is 5.92 Å². The number of ether oxygens (including phenoxy) is 2. The monoisotopic (exact) mass is 530 g/mol. The van der Waals surface area contributed by atoms with Gasteiger partial charge in [0.2, 0.25) is 0 Å². The van der Waals surface area contributed by atoms with Gasteiger partial charge in [0.25, 0.3) is 0 Å². The number of esters is 1. The van der Waals surface area contributed by atoms with Crippen LogP contribution in [0.25, 0.3) is 11.1 Å². The van der Waals surface area contributed by atoms with Crippen molar-refractivity contribution in [2.24, 2.45) is 0 Å². The van der Waals surface area contributed by atoms with Crippen molar-refractivity contribution in [2.45, 2.75) is 71.2 Å². The van der Waals surface area contributed by atoms with Gasteiger partial charge in [-0.25, -0.2) is 4.39 Å². The highest BCUT2D eigenvalue weighted by molar-refractivity contribution is 7.92. The van der Waals surface area contributed by atoms with Gasteiger partial charge in [-0.3, -0.25) is 4.79 Å². The van der Waals surface area contributed by atoms with E-state index >= 15 is 4.39 Å². The molecule has 0 aromatic heterocycles. The molecule has 2 aromatic rings. The molecule has 0 aliphatic rings. The molecule has 2 aromatic carbocycles. The zero-order valence-electron chi connectivity index (χ0n) is 21.8. The Hall–Kier alpha value is -2.26. The Morgan fingerprint density at radius 3 is 2.14 bits per heavy atom. The van der Waals surface area contributed by atoms with Crippen LogP contribution in [0, 0.1) is 19.7 Å². The second-order valence-corrected chi connectivity index (χ2v) is 12.0. The molecule has 200 valence electrons. The van der Waals surface area contributed by atoms with Crippen LogP contribution in [0.4, 0.5) is 17.6 Å². The minimum atomic E-state index is -4.95. The fourth-order valence-electron chi connectivity index (χ4n) is 4.14. The molecule has 0 bridgehead atoms. The second-order valence-electron chi connectivity index (χ2n) is 9.72. The molecule has 0 N–H and O–H groups in total. The van der Waals surface area contributed by atoms with Gasteiger partial charge in [0.15, 0.2) is 0 Å². The highest BCUT2D eigenvalue weighted by atomic mass is 32.2. The van der Waals surface area contributed by atoms with E-state index in [9.17, 15) is 22.5 Å². The molecule has 36 heavy (non-hydrogen) atoms. The lowest BCUT2D eigenvalue weighted by Gasteiger charge is -2.27. The van der Waals surface area contributed by atoms with Crippen molar-refractivity contribution >= 4 is 17.1 Å². The summed E-state index contributed by atoms with van der Waals surface area (Å²) in [5, 5.41) is 0. The first-order valence-corrected chi connectivity index (χ1v) is 13.0. The fraction of sp³-hybridized carbons (Fsp3) is 0.519. The maximum absolute atomic E-state index is 15.5. The Bertz CT molecular complexity index is 1050. The van der Waals surface area contributed by atoms with E-state index in [0.717, 1.165) is 6.07 Å². The Morgan fingerprint density at radius 2 is 1.67 bits per heavy atom. The van der Waals surface area contributed by atoms with Crippen molar-refractivity contribution < 1.29 is 36.4 Å². The summed E-state index contributed by atoms with van der Waals surface area (Å²) in [5.41, 5.74) is 0.378. The number of rotatable bonds is 9. The number of methoxy groups -OCH3 is 1. The first-order chi connectivity index (χ1) is 16.6. The van der Waals surface area contributed by atoms with E-state index in [0.29, 0.717) is 22.4 Å². The van der Waals surface area contributed by atoms with Crippen LogP contribution < -0.4 is 4.74 Å². The predicted molar refractivity (Wildman–Crippen MR) is 134 cm³/mol.